The highest BCUT2D eigenvalue weighted by atomic mass is 79.9. The van der Waals surface area contributed by atoms with Gasteiger partial charge in [-0.3, -0.25) is 14.4 Å². The second kappa shape index (κ2) is 5.52. The Balaban J connectivity index is 2.20. The fourth-order valence-electron chi connectivity index (χ4n) is 2.01. The maximum Gasteiger partial charge on any atom is 0.313 e. The second-order valence-corrected chi connectivity index (χ2v) is 5.02. The number of nitrogens with one attached hydrogen (secondary N) is 1. The van der Waals surface area contributed by atoms with Gasteiger partial charge in [-0.2, -0.15) is 0 Å². The Morgan fingerprint density at radius 2 is 2.16 bits per heavy atom. The molecular formula is C13H12BrNO4. The normalized spacial score (nSPS) is 16.7. The van der Waals surface area contributed by atoms with E-state index in [4.69, 9.17) is 4.74 Å². The molecule has 1 unspecified atom stereocenters. The van der Waals surface area contributed by atoms with E-state index in [1.807, 2.05) is 0 Å². The summed E-state index contributed by atoms with van der Waals surface area (Å²) in [7, 11) is 0. The van der Waals surface area contributed by atoms with Gasteiger partial charge in [0.2, 0.25) is 5.91 Å². The molecule has 0 aromatic heterocycles. The Morgan fingerprint density at radius 3 is 2.84 bits per heavy atom. The molecule has 6 heteroatoms. The lowest BCUT2D eigenvalue weighted by Crippen LogP contribution is -2.23. The van der Waals surface area contributed by atoms with Crippen molar-refractivity contribution in [2.75, 3.05) is 11.9 Å². The highest BCUT2D eigenvalue weighted by Crippen LogP contribution is 2.35. The van der Waals surface area contributed by atoms with Crippen LogP contribution < -0.4 is 5.32 Å². The van der Waals surface area contributed by atoms with E-state index < -0.39 is 23.6 Å². The Bertz CT molecular complexity index is 556. The van der Waals surface area contributed by atoms with Gasteiger partial charge in [0, 0.05) is 10.2 Å². The molecule has 100 valence electrons. The topological polar surface area (TPSA) is 72.5 Å². The van der Waals surface area contributed by atoms with Gasteiger partial charge in [-0.15, -0.1) is 0 Å². The number of esters is 1. The Morgan fingerprint density at radius 1 is 1.42 bits per heavy atom. The van der Waals surface area contributed by atoms with Crippen LogP contribution in [0.2, 0.25) is 0 Å². The number of amides is 1. The van der Waals surface area contributed by atoms with Crippen molar-refractivity contribution in [3.8, 4) is 0 Å². The third-order valence-electron chi connectivity index (χ3n) is 2.79. The number of ketones is 1. The number of benzene rings is 1. The summed E-state index contributed by atoms with van der Waals surface area (Å²) >= 11 is 3.29. The maximum atomic E-state index is 12.0. The summed E-state index contributed by atoms with van der Waals surface area (Å²) in [5.74, 6) is -2.38. The van der Waals surface area contributed by atoms with E-state index >= 15 is 0 Å². The highest BCUT2D eigenvalue weighted by molar-refractivity contribution is 9.10. The predicted molar refractivity (Wildman–Crippen MR) is 71.8 cm³/mol. The van der Waals surface area contributed by atoms with Crippen molar-refractivity contribution in [2.24, 2.45) is 0 Å². The zero-order valence-corrected chi connectivity index (χ0v) is 11.8. The van der Waals surface area contributed by atoms with Crippen LogP contribution in [-0.2, 0) is 19.1 Å². The number of rotatable bonds is 4. The Kier molecular flexibility index (Phi) is 3.99. The zero-order chi connectivity index (χ0) is 14.0. The SMILES string of the molecule is CCOC(=O)CC(=O)C1C(=O)Nc2cc(Br)ccc21. The molecule has 0 radical (unpaired) electrons. The van der Waals surface area contributed by atoms with E-state index in [0.717, 1.165) is 4.47 Å². The molecule has 1 amide bonds. The van der Waals surface area contributed by atoms with Crippen molar-refractivity contribution in [2.45, 2.75) is 19.3 Å². The van der Waals surface area contributed by atoms with Gasteiger partial charge in [-0.05, 0) is 24.6 Å². The predicted octanol–water partition coefficient (Wildman–Crippen LogP) is 2.01. The van der Waals surface area contributed by atoms with Crippen LogP contribution in [0.5, 0.6) is 0 Å². The molecule has 1 aromatic rings. The van der Waals surface area contributed by atoms with Crippen molar-refractivity contribution in [3.05, 3.63) is 28.2 Å². The van der Waals surface area contributed by atoms with Crippen molar-refractivity contribution < 1.29 is 19.1 Å². The molecule has 1 atom stereocenters. The van der Waals surface area contributed by atoms with Gasteiger partial charge < -0.3 is 10.1 Å². The fraction of sp³-hybridized carbons (Fsp3) is 0.308. The third kappa shape index (κ3) is 2.84. The lowest BCUT2D eigenvalue weighted by molar-refractivity contribution is -0.145. The second-order valence-electron chi connectivity index (χ2n) is 4.10. The maximum absolute atomic E-state index is 12.0. The van der Waals surface area contributed by atoms with Gasteiger partial charge in [0.25, 0.3) is 0 Å². The van der Waals surface area contributed by atoms with E-state index in [9.17, 15) is 14.4 Å². The first kappa shape index (κ1) is 13.7. The third-order valence-corrected chi connectivity index (χ3v) is 3.29. The molecule has 19 heavy (non-hydrogen) atoms. The molecule has 0 aliphatic carbocycles. The molecule has 1 aromatic carbocycles. The number of hydrogen-bond acceptors (Lipinski definition) is 4. The first-order chi connectivity index (χ1) is 9.02. The summed E-state index contributed by atoms with van der Waals surface area (Å²) in [4.78, 5) is 35.1. The van der Waals surface area contributed by atoms with Crippen LogP contribution in [0.15, 0.2) is 22.7 Å². The van der Waals surface area contributed by atoms with Crippen LogP contribution in [0.3, 0.4) is 0 Å². The molecular weight excluding hydrogens is 314 g/mol. The number of fused-ring (bicyclic) bond motifs is 1. The number of carbonyl (C=O) groups is 3. The van der Waals surface area contributed by atoms with Crippen LogP contribution in [0.25, 0.3) is 0 Å². The summed E-state index contributed by atoms with van der Waals surface area (Å²) in [6.45, 7) is 1.88. The molecule has 0 spiro atoms. The van der Waals surface area contributed by atoms with E-state index in [0.29, 0.717) is 11.3 Å². The van der Waals surface area contributed by atoms with Gasteiger partial charge in [-0.25, -0.2) is 0 Å². The fourth-order valence-corrected chi connectivity index (χ4v) is 2.37. The van der Waals surface area contributed by atoms with Gasteiger partial charge in [0.15, 0.2) is 5.78 Å². The van der Waals surface area contributed by atoms with E-state index in [1.165, 1.54) is 0 Å². The molecule has 0 saturated carbocycles. The monoisotopic (exact) mass is 325 g/mol. The van der Waals surface area contributed by atoms with Crippen LogP contribution in [0, 0.1) is 0 Å². The zero-order valence-electron chi connectivity index (χ0n) is 10.2. The van der Waals surface area contributed by atoms with Crippen molar-refractivity contribution in [3.63, 3.8) is 0 Å². The van der Waals surface area contributed by atoms with Crippen molar-refractivity contribution >= 4 is 39.3 Å². The van der Waals surface area contributed by atoms with Crippen LogP contribution >= 0.6 is 15.9 Å². The number of carbonyl (C=O) groups excluding carboxylic acids is 3. The molecule has 1 N–H and O–H groups in total. The lowest BCUT2D eigenvalue weighted by Gasteiger charge is -2.07. The quantitative estimate of drug-likeness (QED) is 0.679. The minimum Gasteiger partial charge on any atom is -0.466 e. The largest absolute Gasteiger partial charge is 0.466 e. The molecule has 1 aliphatic heterocycles. The molecule has 2 rings (SSSR count). The smallest absolute Gasteiger partial charge is 0.313 e. The number of hydrogen-bond donors (Lipinski definition) is 1. The Labute approximate surface area is 118 Å². The standard InChI is InChI=1S/C13H12BrNO4/c1-2-19-11(17)6-10(16)12-8-4-3-7(14)5-9(8)15-13(12)18/h3-5,12H,2,6H2,1H3,(H,15,18). The minimum absolute atomic E-state index is 0.215. The molecule has 1 heterocycles. The summed E-state index contributed by atoms with van der Waals surface area (Å²) in [5.41, 5.74) is 1.20. The van der Waals surface area contributed by atoms with Crippen LogP contribution in [0.4, 0.5) is 5.69 Å². The number of anilines is 1. The molecule has 0 bridgehead atoms. The highest BCUT2D eigenvalue weighted by Gasteiger charge is 2.37. The minimum atomic E-state index is -0.924. The average molecular weight is 326 g/mol. The van der Waals surface area contributed by atoms with Crippen LogP contribution in [-0.4, -0.2) is 24.3 Å². The molecule has 1 aliphatic rings. The summed E-state index contributed by atoms with van der Waals surface area (Å²) in [6.07, 6.45) is -0.387. The first-order valence-corrected chi connectivity index (χ1v) is 6.61. The van der Waals surface area contributed by atoms with Gasteiger partial charge in [0.1, 0.15) is 12.3 Å². The average Bonchev–Trinajstić information content (AvgIpc) is 2.64. The summed E-state index contributed by atoms with van der Waals surface area (Å²) < 4.78 is 5.53. The molecule has 0 saturated heterocycles. The summed E-state index contributed by atoms with van der Waals surface area (Å²) in [6, 6.07) is 5.18. The van der Waals surface area contributed by atoms with Gasteiger partial charge in [-0.1, -0.05) is 22.0 Å². The Hall–Kier alpha value is -1.69. The van der Waals surface area contributed by atoms with Gasteiger partial charge in [0.05, 0.1) is 6.61 Å². The first-order valence-electron chi connectivity index (χ1n) is 5.81. The van der Waals surface area contributed by atoms with E-state index in [2.05, 4.69) is 21.2 Å². The van der Waals surface area contributed by atoms with Crippen molar-refractivity contribution in [1.82, 2.24) is 0 Å². The number of ether oxygens (including phenoxy) is 1. The van der Waals surface area contributed by atoms with E-state index in [1.54, 1.807) is 25.1 Å². The molecule has 0 fully saturated rings. The van der Waals surface area contributed by atoms with Crippen LogP contribution in [0.1, 0.15) is 24.8 Å². The number of Topliss-reactive ketones (excluding diaryl/α,β-unsaturated/α-hetero) is 1. The molecule has 5 nitrogen and oxygen atoms in total. The number of halogens is 1. The van der Waals surface area contributed by atoms with E-state index in [-0.39, 0.29) is 13.0 Å². The lowest BCUT2D eigenvalue weighted by atomic mass is 9.94. The summed E-state index contributed by atoms with van der Waals surface area (Å²) in [5, 5.41) is 2.63. The van der Waals surface area contributed by atoms with Gasteiger partial charge >= 0.3 is 5.97 Å². The van der Waals surface area contributed by atoms with Crippen molar-refractivity contribution in [1.29, 1.82) is 0 Å².